The van der Waals surface area contributed by atoms with E-state index in [0.29, 0.717) is 43.1 Å². The van der Waals surface area contributed by atoms with E-state index >= 15 is 13.2 Å². The third kappa shape index (κ3) is 5.48. The third-order valence-electron chi connectivity index (χ3n) is 8.95. The van der Waals surface area contributed by atoms with Crippen LogP contribution in [0.1, 0.15) is 58.1 Å². The van der Waals surface area contributed by atoms with Crippen molar-refractivity contribution in [2.75, 3.05) is 23.3 Å². The molecule has 1 aliphatic heterocycles. The molecule has 6 rings (SSSR count). The highest BCUT2D eigenvalue weighted by molar-refractivity contribution is 5.75. The largest absolute Gasteiger partial charge is 0.368 e. The van der Waals surface area contributed by atoms with Crippen molar-refractivity contribution < 1.29 is 18.0 Å². The SMILES string of the molecule is CC(=O)N[C@@H]1[C@H](N)CN(c2ccncc2Nc2ncc3ccc(C4C(F)=CC(C5(F)CCCC5)=CC4(C)F)nn23)C[C@@H]1C. The fourth-order valence-corrected chi connectivity index (χ4v) is 6.87. The molecule has 2 aliphatic carbocycles. The summed E-state index contributed by atoms with van der Waals surface area (Å²) in [6.07, 6.45) is 9.28. The van der Waals surface area contributed by atoms with Gasteiger partial charge in [-0.05, 0) is 74.4 Å². The number of pyridine rings is 1. The molecule has 0 spiro atoms. The number of amides is 1. The number of rotatable bonds is 6. The second-order valence-electron chi connectivity index (χ2n) is 12.4. The zero-order valence-electron chi connectivity index (χ0n) is 24.5. The standard InChI is InChI=1S/C31H37F3N8O/c1-18-16-41(17-23(35)28(18)38-19(2)43)26-8-11-36-15-25(26)39-29-37-14-21-6-7-24(40-42(21)29)27-22(32)12-20(13-30(27,3)33)31(34)9-4-5-10-31/h6-8,11-15,18,23,27-28H,4-5,9-10,16-17,35H2,1-3H3,(H,37,39)(H,38,43)/t18-,23+,27?,28-,30?/m0/s1. The lowest BCUT2D eigenvalue weighted by molar-refractivity contribution is -0.120. The molecule has 4 heterocycles. The van der Waals surface area contributed by atoms with Crippen molar-refractivity contribution in [3.8, 4) is 0 Å². The first-order valence-electron chi connectivity index (χ1n) is 14.8. The summed E-state index contributed by atoms with van der Waals surface area (Å²) in [5.41, 5.74) is 4.94. The number of nitrogens with zero attached hydrogens (tertiary/aromatic N) is 5. The molecule has 1 saturated heterocycles. The van der Waals surface area contributed by atoms with Gasteiger partial charge in [-0.15, -0.1) is 0 Å². The number of fused-ring (bicyclic) bond motifs is 1. The van der Waals surface area contributed by atoms with Crippen molar-refractivity contribution in [1.82, 2.24) is 24.9 Å². The van der Waals surface area contributed by atoms with Crippen LogP contribution in [0.4, 0.5) is 30.5 Å². The Morgan fingerprint density at radius 1 is 1.14 bits per heavy atom. The topological polar surface area (TPSA) is 113 Å². The number of imidazole rings is 1. The van der Waals surface area contributed by atoms with Crippen LogP contribution in [0.25, 0.3) is 5.52 Å². The maximum absolute atomic E-state index is 16.1. The van der Waals surface area contributed by atoms with Crippen LogP contribution in [-0.4, -0.2) is 62.0 Å². The second-order valence-corrected chi connectivity index (χ2v) is 12.4. The number of nitrogens with one attached hydrogen (secondary N) is 2. The van der Waals surface area contributed by atoms with E-state index in [9.17, 15) is 4.79 Å². The molecular formula is C31H37F3N8O. The summed E-state index contributed by atoms with van der Waals surface area (Å²) in [5.74, 6) is -1.77. The lowest BCUT2D eigenvalue weighted by atomic mass is 9.77. The number of alkyl halides is 2. The molecular weight excluding hydrogens is 557 g/mol. The minimum atomic E-state index is -2.18. The Morgan fingerprint density at radius 3 is 2.60 bits per heavy atom. The van der Waals surface area contributed by atoms with Gasteiger partial charge in [0.25, 0.3) is 0 Å². The lowest BCUT2D eigenvalue weighted by Crippen LogP contribution is -2.61. The van der Waals surface area contributed by atoms with Crippen LogP contribution in [0, 0.1) is 5.92 Å². The summed E-state index contributed by atoms with van der Waals surface area (Å²) < 4.78 is 48.6. The van der Waals surface area contributed by atoms with E-state index in [4.69, 9.17) is 5.73 Å². The van der Waals surface area contributed by atoms with E-state index in [0.717, 1.165) is 11.8 Å². The number of hydrogen-bond donors (Lipinski definition) is 3. The number of carbonyl (C=O) groups is 1. The molecule has 3 aromatic heterocycles. The number of piperidine rings is 1. The quantitative estimate of drug-likeness (QED) is 0.366. The van der Waals surface area contributed by atoms with Crippen molar-refractivity contribution >= 4 is 28.7 Å². The van der Waals surface area contributed by atoms with Crippen LogP contribution >= 0.6 is 0 Å². The van der Waals surface area contributed by atoms with Gasteiger partial charge in [-0.3, -0.25) is 9.78 Å². The Balaban J connectivity index is 1.28. The van der Waals surface area contributed by atoms with Gasteiger partial charge in [0.1, 0.15) is 17.2 Å². The molecule has 0 aromatic carbocycles. The van der Waals surface area contributed by atoms with Crippen molar-refractivity contribution in [3.05, 3.63) is 66.0 Å². The molecule has 5 atom stereocenters. The summed E-state index contributed by atoms with van der Waals surface area (Å²) in [4.78, 5) is 22.6. The summed E-state index contributed by atoms with van der Waals surface area (Å²) >= 11 is 0. The predicted molar refractivity (Wildman–Crippen MR) is 159 cm³/mol. The Morgan fingerprint density at radius 2 is 1.91 bits per heavy atom. The van der Waals surface area contributed by atoms with Gasteiger partial charge < -0.3 is 21.3 Å². The van der Waals surface area contributed by atoms with Gasteiger partial charge in [0.05, 0.1) is 40.9 Å². The molecule has 1 saturated carbocycles. The fraction of sp³-hybridized carbons (Fsp3) is 0.484. The lowest BCUT2D eigenvalue weighted by Gasteiger charge is -2.42. The molecule has 228 valence electrons. The Labute approximate surface area is 248 Å². The second kappa shape index (κ2) is 11.0. The summed E-state index contributed by atoms with van der Waals surface area (Å²) in [6.45, 7) is 5.97. The summed E-state index contributed by atoms with van der Waals surface area (Å²) in [6, 6.07) is 4.73. The van der Waals surface area contributed by atoms with Gasteiger partial charge in [0.15, 0.2) is 0 Å². The number of nitrogens with two attached hydrogens (primary N) is 1. The van der Waals surface area contributed by atoms with Crippen LogP contribution in [-0.2, 0) is 4.79 Å². The van der Waals surface area contributed by atoms with Crippen molar-refractivity contribution in [1.29, 1.82) is 0 Å². The molecule has 3 aliphatic rings. The van der Waals surface area contributed by atoms with Gasteiger partial charge >= 0.3 is 0 Å². The Hall–Kier alpha value is -3.93. The monoisotopic (exact) mass is 594 g/mol. The first-order chi connectivity index (χ1) is 20.4. The minimum absolute atomic E-state index is 0.0778. The average molecular weight is 595 g/mol. The van der Waals surface area contributed by atoms with Crippen molar-refractivity contribution in [2.45, 2.75) is 75.8 Å². The summed E-state index contributed by atoms with van der Waals surface area (Å²) in [5, 5.41) is 10.9. The van der Waals surface area contributed by atoms with E-state index in [1.165, 1.54) is 24.4 Å². The summed E-state index contributed by atoms with van der Waals surface area (Å²) in [7, 11) is 0. The number of hydrogen-bond acceptors (Lipinski definition) is 7. The molecule has 2 fully saturated rings. The first kappa shape index (κ1) is 29.2. The molecule has 9 nitrogen and oxygen atoms in total. The number of halogens is 3. The molecule has 4 N–H and O–H groups in total. The maximum Gasteiger partial charge on any atom is 0.229 e. The van der Waals surface area contributed by atoms with Gasteiger partial charge in [-0.25, -0.2) is 18.2 Å². The van der Waals surface area contributed by atoms with E-state index < -0.39 is 23.1 Å². The van der Waals surface area contributed by atoms with Crippen LogP contribution in [0.3, 0.4) is 0 Å². The van der Waals surface area contributed by atoms with Gasteiger partial charge in [-0.1, -0.05) is 6.92 Å². The Bertz CT molecular complexity index is 1580. The molecule has 12 heteroatoms. The highest BCUT2D eigenvalue weighted by atomic mass is 19.2. The maximum atomic E-state index is 16.1. The number of carbonyl (C=O) groups excluding carboxylic acids is 1. The molecule has 0 bridgehead atoms. The third-order valence-corrected chi connectivity index (χ3v) is 8.95. The van der Waals surface area contributed by atoms with Gasteiger partial charge in [0, 0.05) is 38.3 Å². The van der Waals surface area contributed by atoms with Crippen molar-refractivity contribution in [3.63, 3.8) is 0 Å². The van der Waals surface area contributed by atoms with Crippen molar-refractivity contribution in [2.24, 2.45) is 11.7 Å². The first-order valence-corrected chi connectivity index (χ1v) is 14.8. The zero-order chi connectivity index (χ0) is 30.5. The fourth-order valence-electron chi connectivity index (χ4n) is 6.87. The normalized spacial score (nSPS) is 28.9. The zero-order valence-corrected chi connectivity index (χ0v) is 24.5. The van der Waals surface area contributed by atoms with E-state index in [-0.39, 0.29) is 48.0 Å². The van der Waals surface area contributed by atoms with Crippen LogP contribution in [0.2, 0.25) is 0 Å². The molecule has 0 radical (unpaired) electrons. The Kier molecular flexibility index (Phi) is 7.44. The van der Waals surface area contributed by atoms with Crippen LogP contribution in [0.15, 0.2) is 60.3 Å². The smallest absolute Gasteiger partial charge is 0.229 e. The number of anilines is 3. The molecule has 43 heavy (non-hydrogen) atoms. The van der Waals surface area contributed by atoms with E-state index in [1.807, 2.05) is 13.0 Å². The highest BCUT2D eigenvalue weighted by Crippen LogP contribution is 2.49. The van der Waals surface area contributed by atoms with E-state index in [1.54, 1.807) is 30.7 Å². The van der Waals surface area contributed by atoms with Crippen LogP contribution in [0.5, 0.6) is 0 Å². The number of allylic oxidation sites excluding steroid dienone is 4. The highest BCUT2D eigenvalue weighted by Gasteiger charge is 2.46. The minimum Gasteiger partial charge on any atom is -0.368 e. The molecule has 3 aromatic rings. The molecule has 2 unspecified atom stereocenters. The number of aromatic nitrogens is 4. The molecule has 1 amide bonds. The van der Waals surface area contributed by atoms with Crippen LogP contribution < -0.4 is 21.3 Å². The van der Waals surface area contributed by atoms with Gasteiger partial charge in [0.2, 0.25) is 11.9 Å². The average Bonchev–Trinajstić information content (AvgIpc) is 3.57. The van der Waals surface area contributed by atoms with Gasteiger partial charge in [-0.2, -0.15) is 9.61 Å². The van der Waals surface area contributed by atoms with E-state index in [2.05, 4.69) is 30.6 Å². The predicted octanol–water partition coefficient (Wildman–Crippen LogP) is 5.04.